The van der Waals surface area contributed by atoms with E-state index in [1.54, 1.807) is 18.7 Å². The van der Waals surface area contributed by atoms with Crippen LogP contribution in [0.2, 0.25) is 0 Å². The summed E-state index contributed by atoms with van der Waals surface area (Å²) >= 11 is 0. The average Bonchev–Trinajstić information content (AvgIpc) is 2.62. The zero-order chi connectivity index (χ0) is 17.1. The number of carboxylic acids is 1. The molecule has 2 rings (SSSR count). The van der Waals surface area contributed by atoms with Crippen LogP contribution in [0.15, 0.2) is 0 Å². The van der Waals surface area contributed by atoms with Crippen LogP contribution in [0.4, 0.5) is 0 Å². The zero-order valence-corrected chi connectivity index (χ0v) is 14.2. The van der Waals surface area contributed by atoms with E-state index in [1.807, 2.05) is 14.1 Å². The molecule has 0 bridgehead atoms. The van der Waals surface area contributed by atoms with Gasteiger partial charge in [0, 0.05) is 31.2 Å². The molecule has 1 aliphatic heterocycles. The van der Waals surface area contributed by atoms with Crippen molar-refractivity contribution in [2.45, 2.75) is 13.8 Å². The lowest BCUT2D eigenvalue weighted by molar-refractivity contribution is 0.0695. The minimum atomic E-state index is -1.01. The molecule has 0 saturated carbocycles. The van der Waals surface area contributed by atoms with Crippen LogP contribution in [0.1, 0.15) is 32.1 Å². The maximum absolute atomic E-state index is 12.8. The number of amides is 1. The van der Waals surface area contributed by atoms with E-state index in [1.165, 1.54) is 0 Å². The van der Waals surface area contributed by atoms with Crippen LogP contribution >= 0.6 is 0 Å². The molecule has 0 radical (unpaired) electrons. The Labute approximate surface area is 136 Å². The number of carbonyl (C=O) groups excluding carboxylic acids is 1. The molecule has 1 aromatic rings. The van der Waals surface area contributed by atoms with Crippen molar-refractivity contribution in [3.8, 4) is 0 Å². The van der Waals surface area contributed by atoms with E-state index in [0.29, 0.717) is 43.3 Å². The van der Waals surface area contributed by atoms with E-state index in [9.17, 15) is 14.7 Å². The second-order valence-corrected chi connectivity index (χ2v) is 6.38. The molecule has 1 amide bonds. The molecule has 0 aromatic carbocycles. The summed E-state index contributed by atoms with van der Waals surface area (Å²) in [4.78, 5) is 30.9. The number of hydrogen-bond donors (Lipinski definition) is 2. The molecule has 128 valence electrons. The Morgan fingerprint density at radius 1 is 1.39 bits per heavy atom. The van der Waals surface area contributed by atoms with E-state index in [0.717, 1.165) is 6.54 Å². The van der Waals surface area contributed by atoms with E-state index in [-0.39, 0.29) is 17.4 Å². The van der Waals surface area contributed by atoms with Gasteiger partial charge in [0.05, 0.1) is 18.8 Å². The number of nitrogens with one attached hydrogen (secondary N) is 1. The number of nitrogens with zero attached hydrogens (tertiary/aromatic N) is 2. The maximum atomic E-state index is 12.8. The highest BCUT2D eigenvalue weighted by atomic mass is 16.5. The molecule has 1 fully saturated rings. The van der Waals surface area contributed by atoms with Gasteiger partial charge >= 0.3 is 5.97 Å². The third-order valence-corrected chi connectivity index (χ3v) is 4.11. The summed E-state index contributed by atoms with van der Waals surface area (Å²) in [6.07, 6.45) is 0. The third-order valence-electron chi connectivity index (χ3n) is 4.11. The Hall–Kier alpha value is -1.86. The SMILES string of the molecule is Cc1[nH]c(C(=O)N2CCOC[C@@H](CN(C)C)C2)c(C)c1C(=O)O. The molecule has 2 N–H and O–H groups in total. The van der Waals surface area contributed by atoms with Gasteiger partial charge in [0.15, 0.2) is 0 Å². The number of ether oxygens (including phenoxy) is 1. The van der Waals surface area contributed by atoms with Crippen molar-refractivity contribution in [3.63, 3.8) is 0 Å². The molecule has 0 aliphatic carbocycles. The van der Waals surface area contributed by atoms with Gasteiger partial charge in [-0.1, -0.05) is 0 Å². The monoisotopic (exact) mass is 323 g/mol. The molecule has 7 heteroatoms. The highest BCUT2D eigenvalue weighted by molar-refractivity contribution is 5.99. The quantitative estimate of drug-likeness (QED) is 0.863. The fourth-order valence-corrected chi connectivity index (χ4v) is 3.13. The molecule has 0 spiro atoms. The number of aryl methyl sites for hydroxylation is 1. The number of rotatable bonds is 4. The maximum Gasteiger partial charge on any atom is 0.337 e. The second-order valence-electron chi connectivity index (χ2n) is 6.38. The van der Waals surface area contributed by atoms with E-state index in [2.05, 4.69) is 9.88 Å². The fourth-order valence-electron chi connectivity index (χ4n) is 3.13. The smallest absolute Gasteiger partial charge is 0.337 e. The first-order valence-corrected chi connectivity index (χ1v) is 7.75. The highest BCUT2D eigenvalue weighted by Crippen LogP contribution is 2.20. The van der Waals surface area contributed by atoms with Gasteiger partial charge in [0.1, 0.15) is 5.69 Å². The number of H-pyrrole nitrogens is 1. The molecule has 1 atom stereocenters. The summed E-state index contributed by atoms with van der Waals surface area (Å²) < 4.78 is 5.60. The van der Waals surface area contributed by atoms with Crippen LogP contribution in [0, 0.1) is 19.8 Å². The number of carboxylic acid groups (broad SMARTS) is 1. The number of aromatic amines is 1. The lowest BCUT2D eigenvalue weighted by Crippen LogP contribution is -2.39. The molecular weight excluding hydrogens is 298 g/mol. The molecule has 0 unspecified atom stereocenters. The lowest BCUT2D eigenvalue weighted by atomic mass is 10.1. The Morgan fingerprint density at radius 2 is 2.09 bits per heavy atom. The molecular formula is C16H25N3O4. The summed E-state index contributed by atoms with van der Waals surface area (Å²) in [5.74, 6) is -0.931. The zero-order valence-electron chi connectivity index (χ0n) is 14.2. The van der Waals surface area contributed by atoms with Gasteiger partial charge < -0.3 is 24.6 Å². The first-order chi connectivity index (χ1) is 10.8. The number of hydrogen-bond acceptors (Lipinski definition) is 4. The van der Waals surface area contributed by atoms with Crippen LogP contribution in [0.3, 0.4) is 0 Å². The van der Waals surface area contributed by atoms with Crippen molar-refractivity contribution < 1.29 is 19.4 Å². The van der Waals surface area contributed by atoms with Crippen molar-refractivity contribution in [1.29, 1.82) is 0 Å². The molecule has 2 heterocycles. The topological polar surface area (TPSA) is 85.9 Å². The predicted molar refractivity (Wildman–Crippen MR) is 86.0 cm³/mol. The molecule has 23 heavy (non-hydrogen) atoms. The Kier molecular flexibility index (Phi) is 5.43. The van der Waals surface area contributed by atoms with Gasteiger partial charge in [-0.05, 0) is 33.5 Å². The van der Waals surface area contributed by atoms with Crippen LogP contribution in [0.25, 0.3) is 0 Å². The molecule has 1 aliphatic rings. The van der Waals surface area contributed by atoms with Crippen molar-refractivity contribution in [2.24, 2.45) is 5.92 Å². The Morgan fingerprint density at radius 3 is 2.65 bits per heavy atom. The summed E-state index contributed by atoms with van der Waals surface area (Å²) in [7, 11) is 3.99. The van der Waals surface area contributed by atoms with Gasteiger partial charge in [0.2, 0.25) is 0 Å². The number of carbonyl (C=O) groups is 2. The van der Waals surface area contributed by atoms with Crippen LogP contribution < -0.4 is 0 Å². The van der Waals surface area contributed by atoms with E-state index < -0.39 is 5.97 Å². The van der Waals surface area contributed by atoms with Crippen LogP contribution in [-0.4, -0.2) is 78.7 Å². The predicted octanol–water partition coefficient (Wildman–Crippen LogP) is 0.980. The highest BCUT2D eigenvalue weighted by Gasteiger charge is 2.28. The summed E-state index contributed by atoms with van der Waals surface area (Å²) in [5, 5.41) is 9.27. The van der Waals surface area contributed by atoms with Crippen LogP contribution in [0.5, 0.6) is 0 Å². The number of aromatic nitrogens is 1. The van der Waals surface area contributed by atoms with Crippen molar-refractivity contribution >= 4 is 11.9 Å². The fraction of sp³-hybridized carbons (Fsp3) is 0.625. The van der Waals surface area contributed by atoms with Gasteiger partial charge in [-0.15, -0.1) is 0 Å². The Bertz CT molecular complexity index is 594. The first kappa shape index (κ1) is 17.5. The summed E-state index contributed by atoms with van der Waals surface area (Å²) in [5.41, 5.74) is 1.55. The summed E-state index contributed by atoms with van der Waals surface area (Å²) in [6.45, 7) is 6.44. The first-order valence-electron chi connectivity index (χ1n) is 7.75. The van der Waals surface area contributed by atoms with Gasteiger partial charge in [0.25, 0.3) is 5.91 Å². The largest absolute Gasteiger partial charge is 0.478 e. The van der Waals surface area contributed by atoms with Crippen molar-refractivity contribution in [2.75, 3.05) is 46.9 Å². The third kappa shape index (κ3) is 3.92. The normalized spacial score (nSPS) is 19.0. The second kappa shape index (κ2) is 7.14. The molecule has 7 nitrogen and oxygen atoms in total. The van der Waals surface area contributed by atoms with Gasteiger partial charge in [-0.25, -0.2) is 4.79 Å². The standard InChI is InChI=1S/C16H25N3O4/c1-10-13(16(21)22)11(2)17-14(10)15(20)19-5-6-23-9-12(8-19)7-18(3)4/h12,17H,5-9H2,1-4H3,(H,21,22)/t12-/m0/s1. The minimum absolute atomic E-state index is 0.160. The van der Waals surface area contributed by atoms with Crippen molar-refractivity contribution in [3.05, 3.63) is 22.5 Å². The van der Waals surface area contributed by atoms with Gasteiger partial charge in [-0.3, -0.25) is 4.79 Å². The molecule has 1 aromatic heterocycles. The minimum Gasteiger partial charge on any atom is -0.478 e. The van der Waals surface area contributed by atoms with E-state index in [4.69, 9.17) is 4.74 Å². The number of aromatic carboxylic acids is 1. The lowest BCUT2D eigenvalue weighted by Gasteiger charge is -2.25. The van der Waals surface area contributed by atoms with Gasteiger partial charge in [-0.2, -0.15) is 0 Å². The van der Waals surface area contributed by atoms with Crippen molar-refractivity contribution in [1.82, 2.24) is 14.8 Å². The molecule has 1 saturated heterocycles. The summed E-state index contributed by atoms with van der Waals surface area (Å²) in [6, 6.07) is 0. The average molecular weight is 323 g/mol. The van der Waals surface area contributed by atoms with E-state index >= 15 is 0 Å². The Balaban J connectivity index is 2.22. The van der Waals surface area contributed by atoms with Crippen LogP contribution in [-0.2, 0) is 4.74 Å².